The van der Waals surface area contributed by atoms with Gasteiger partial charge in [-0.15, -0.1) is 0 Å². The zero-order valence-electron chi connectivity index (χ0n) is 14.4. The number of nitrogens with zero attached hydrogens (tertiary/aromatic N) is 1. The number of aryl methyl sites for hydroxylation is 1. The molecule has 0 aromatic heterocycles. The third kappa shape index (κ3) is 9.20. The SMILES string of the molecule is CN=C(NCCCc1ccccc1)NCC(C)(C)NS(C)(=O)=O. The van der Waals surface area contributed by atoms with Crippen molar-refractivity contribution in [1.82, 2.24) is 15.4 Å². The van der Waals surface area contributed by atoms with Gasteiger partial charge in [-0.1, -0.05) is 30.3 Å². The Labute approximate surface area is 139 Å². The first kappa shape index (κ1) is 19.4. The summed E-state index contributed by atoms with van der Waals surface area (Å²) in [6.07, 6.45) is 3.16. The van der Waals surface area contributed by atoms with Crippen molar-refractivity contribution in [2.45, 2.75) is 32.2 Å². The Bertz CT molecular complexity index is 598. The molecule has 0 radical (unpaired) electrons. The van der Waals surface area contributed by atoms with E-state index >= 15 is 0 Å². The van der Waals surface area contributed by atoms with Crippen LogP contribution < -0.4 is 15.4 Å². The van der Waals surface area contributed by atoms with Crippen LogP contribution in [0.2, 0.25) is 0 Å². The smallest absolute Gasteiger partial charge is 0.209 e. The van der Waals surface area contributed by atoms with Crippen LogP contribution in [0.4, 0.5) is 0 Å². The van der Waals surface area contributed by atoms with Crippen molar-refractivity contribution >= 4 is 16.0 Å². The predicted molar refractivity (Wildman–Crippen MR) is 96.2 cm³/mol. The van der Waals surface area contributed by atoms with E-state index in [1.807, 2.05) is 32.0 Å². The zero-order chi connectivity index (χ0) is 17.3. The van der Waals surface area contributed by atoms with E-state index in [-0.39, 0.29) is 0 Å². The number of guanidine groups is 1. The van der Waals surface area contributed by atoms with Crippen LogP contribution >= 0.6 is 0 Å². The Kier molecular flexibility index (Phi) is 7.51. The maximum atomic E-state index is 11.3. The number of rotatable bonds is 8. The summed E-state index contributed by atoms with van der Waals surface area (Å²) in [4.78, 5) is 4.15. The fraction of sp³-hybridized carbons (Fsp3) is 0.562. The molecule has 0 saturated carbocycles. The van der Waals surface area contributed by atoms with Crippen molar-refractivity contribution in [2.24, 2.45) is 4.99 Å². The molecule has 6 nitrogen and oxygen atoms in total. The number of nitrogens with one attached hydrogen (secondary N) is 3. The third-order valence-electron chi connectivity index (χ3n) is 3.16. The number of hydrogen-bond acceptors (Lipinski definition) is 3. The topological polar surface area (TPSA) is 82.6 Å². The fourth-order valence-corrected chi connectivity index (χ4v) is 3.28. The van der Waals surface area contributed by atoms with Crippen LogP contribution in [-0.2, 0) is 16.4 Å². The van der Waals surface area contributed by atoms with Gasteiger partial charge in [-0.05, 0) is 32.3 Å². The van der Waals surface area contributed by atoms with E-state index in [1.54, 1.807) is 7.05 Å². The summed E-state index contributed by atoms with van der Waals surface area (Å²) in [7, 11) is -1.54. The van der Waals surface area contributed by atoms with Crippen LogP contribution in [0.1, 0.15) is 25.8 Å². The largest absolute Gasteiger partial charge is 0.356 e. The number of benzene rings is 1. The van der Waals surface area contributed by atoms with Gasteiger partial charge in [-0.3, -0.25) is 4.99 Å². The monoisotopic (exact) mass is 340 g/mol. The molecule has 0 heterocycles. The van der Waals surface area contributed by atoms with Gasteiger partial charge in [-0.25, -0.2) is 13.1 Å². The lowest BCUT2D eigenvalue weighted by atomic mass is 10.1. The van der Waals surface area contributed by atoms with Crippen molar-refractivity contribution in [3.63, 3.8) is 0 Å². The molecule has 7 heteroatoms. The second kappa shape index (κ2) is 8.88. The summed E-state index contributed by atoms with van der Waals surface area (Å²) in [6, 6.07) is 10.3. The van der Waals surface area contributed by atoms with Gasteiger partial charge in [0.2, 0.25) is 10.0 Å². The lowest BCUT2D eigenvalue weighted by Gasteiger charge is -2.26. The number of sulfonamides is 1. The summed E-state index contributed by atoms with van der Waals surface area (Å²) >= 11 is 0. The average Bonchev–Trinajstić information content (AvgIpc) is 2.45. The van der Waals surface area contributed by atoms with Crippen LogP contribution in [0.15, 0.2) is 35.3 Å². The van der Waals surface area contributed by atoms with Gasteiger partial charge in [0.05, 0.1) is 6.26 Å². The van der Waals surface area contributed by atoms with E-state index < -0.39 is 15.6 Å². The first-order valence-corrected chi connectivity index (χ1v) is 9.58. The van der Waals surface area contributed by atoms with Crippen LogP contribution in [0.5, 0.6) is 0 Å². The van der Waals surface area contributed by atoms with Crippen molar-refractivity contribution < 1.29 is 8.42 Å². The van der Waals surface area contributed by atoms with E-state index in [1.165, 1.54) is 5.56 Å². The Morgan fingerprint density at radius 3 is 2.39 bits per heavy atom. The Morgan fingerprint density at radius 2 is 1.83 bits per heavy atom. The molecule has 1 aromatic carbocycles. The average molecular weight is 340 g/mol. The van der Waals surface area contributed by atoms with Crippen molar-refractivity contribution in [1.29, 1.82) is 0 Å². The molecule has 0 aliphatic rings. The highest BCUT2D eigenvalue weighted by atomic mass is 32.2. The van der Waals surface area contributed by atoms with E-state index in [9.17, 15) is 8.42 Å². The highest BCUT2D eigenvalue weighted by Crippen LogP contribution is 2.02. The van der Waals surface area contributed by atoms with Crippen LogP contribution in [-0.4, -0.2) is 46.3 Å². The molecular weight excluding hydrogens is 312 g/mol. The maximum absolute atomic E-state index is 11.3. The van der Waals surface area contributed by atoms with Crippen molar-refractivity contribution in [2.75, 3.05) is 26.4 Å². The van der Waals surface area contributed by atoms with E-state index in [4.69, 9.17) is 0 Å². The highest BCUT2D eigenvalue weighted by molar-refractivity contribution is 7.88. The minimum Gasteiger partial charge on any atom is -0.356 e. The van der Waals surface area contributed by atoms with E-state index in [0.29, 0.717) is 12.5 Å². The normalized spacial score (nSPS) is 13.0. The van der Waals surface area contributed by atoms with Crippen LogP contribution in [0, 0.1) is 0 Å². The summed E-state index contributed by atoms with van der Waals surface area (Å²) in [5.74, 6) is 0.668. The molecule has 0 aliphatic carbocycles. The number of hydrogen-bond donors (Lipinski definition) is 3. The first-order valence-electron chi connectivity index (χ1n) is 7.69. The van der Waals surface area contributed by atoms with E-state index in [2.05, 4.69) is 32.5 Å². The van der Waals surface area contributed by atoms with Gasteiger partial charge in [0, 0.05) is 25.7 Å². The second-order valence-corrected chi connectivity index (χ2v) is 7.95. The molecule has 0 aliphatic heterocycles. The van der Waals surface area contributed by atoms with Gasteiger partial charge < -0.3 is 10.6 Å². The standard InChI is InChI=1S/C16H28N4O2S/c1-16(2,20-23(4,21)22)13-19-15(17-3)18-12-8-11-14-9-6-5-7-10-14/h5-7,9-10,20H,8,11-13H2,1-4H3,(H2,17,18,19). The summed E-state index contributed by atoms with van der Waals surface area (Å²) in [5, 5.41) is 6.38. The molecule has 0 bridgehead atoms. The molecule has 1 aromatic rings. The summed E-state index contributed by atoms with van der Waals surface area (Å²) < 4.78 is 25.2. The molecule has 0 atom stereocenters. The molecule has 3 N–H and O–H groups in total. The van der Waals surface area contributed by atoms with Crippen LogP contribution in [0.3, 0.4) is 0 Å². The quantitative estimate of drug-likeness (QED) is 0.376. The lowest BCUT2D eigenvalue weighted by Crippen LogP contribution is -2.53. The second-order valence-electron chi connectivity index (χ2n) is 6.20. The van der Waals surface area contributed by atoms with Gasteiger partial charge in [0.25, 0.3) is 0 Å². The predicted octanol–water partition coefficient (Wildman–Crippen LogP) is 1.11. The molecule has 0 amide bonds. The molecule has 0 fully saturated rings. The van der Waals surface area contributed by atoms with Crippen molar-refractivity contribution in [3.8, 4) is 0 Å². The Hall–Kier alpha value is -1.60. The molecule has 130 valence electrons. The van der Waals surface area contributed by atoms with Gasteiger partial charge in [-0.2, -0.15) is 0 Å². The highest BCUT2D eigenvalue weighted by Gasteiger charge is 2.22. The first-order chi connectivity index (χ1) is 10.7. The minimum absolute atomic E-state index is 0.443. The Balaban J connectivity index is 2.32. The number of aliphatic imine (C=N–C) groups is 1. The lowest BCUT2D eigenvalue weighted by molar-refractivity contribution is 0.446. The Morgan fingerprint density at radius 1 is 1.17 bits per heavy atom. The molecule has 23 heavy (non-hydrogen) atoms. The summed E-state index contributed by atoms with van der Waals surface area (Å²) in [6.45, 7) is 4.89. The van der Waals surface area contributed by atoms with Crippen LogP contribution in [0.25, 0.3) is 0 Å². The third-order valence-corrected chi connectivity index (χ3v) is 4.08. The van der Waals surface area contributed by atoms with Gasteiger partial charge >= 0.3 is 0 Å². The molecule has 0 unspecified atom stereocenters. The van der Waals surface area contributed by atoms with Gasteiger partial charge in [0.15, 0.2) is 5.96 Å². The van der Waals surface area contributed by atoms with Crippen molar-refractivity contribution in [3.05, 3.63) is 35.9 Å². The fourth-order valence-electron chi connectivity index (χ4n) is 2.21. The van der Waals surface area contributed by atoms with E-state index in [0.717, 1.165) is 25.6 Å². The summed E-state index contributed by atoms with van der Waals surface area (Å²) in [5.41, 5.74) is 0.727. The molecular formula is C16H28N4O2S. The maximum Gasteiger partial charge on any atom is 0.209 e. The van der Waals surface area contributed by atoms with Gasteiger partial charge in [0.1, 0.15) is 0 Å². The molecule has 0 spiro atoms. The molecule has 1 rings (SSSR count). The molecule has 0 saturated heterocycles. The zero-order valence-corrected chi connectivity index (χ0v) is 15.2. The minimum atomic E-state index is -3.24.